The molecule has 16 heavy (non-hydrogen) atoms. The second kappa shape index (κ2) is 7.25. The molecule has 0 saturated heterocycles. The third-order valence-electron chi connectivity index (χ3n) is 2.15. The maximum absolute atomic E-state index is 5.93. The van der Waals surface area contributed by atoms with E-state index in [1.54, 1.807) is 11.3 Å². The molecule has 0 saturated carbocycles. The number of nitrogens with one attached hydrogen (secondary N) is 1. The van der Waals surface area contributed by atoms with Crippen LogP contribution in [0.2, 0.25) is 4.34 Å². The van der Waals surface area contributed by atoms with Gasteiger partial charge in [-0.2, -0.15) is 0 Å². The van der Waals surface area contributed by atoms with Gasteiger partial charge in [0.15, 0.2) is 6.29 Å². The van der Waals surface area contributed by atoms with Crippen LogP contribution in [0.5, 0.6) is 0 Å². The molecule has 1 rings (SSSR count). The van der Waals surface area contributed by atoms with Crippen LogP contribution >= 0.6 is 22.9 Å². The summed E-state index contributed by atoms with van der Waals surface area (Å²) in [6.45, 7) is 5.17. The molecule has 1 unspecified atom stereocenters. The molecule has 1 aromatic heterocycles. The van der Waals surface area contributed by atoms with Crippen molar-refractivity contribution in [3.05, 3.63) is 21.3 Å². The van der Waals surface area contributed by atoms with E-state index in [2.05, 4.69) is 5.32 Å². The van der Waals surface area contributed by atoms with Crippen LogP contribution in [0.3, 0.4) is 0 Å². The molecule has 1 heterocycles. The fraction of sp³-hybridized carbons (Fsp3) is 0.636. The van der Waals surface area contributed by atoms with Gasteiger partial charge in [0.25, 0.3) is 0 Å². The second-order valence-electron chi connectivity index (χ2n) is 3.19. The summed E-state index contributed by atoms with van der Waals surface area (Å²) in [5.41, 5.74) is 0. The number of rotatable bonds is 7. The zero-order chi connectivity index (χ0) is 12.0. The number of ether oxygens (including phenoxy) is 2. The normalized spacial score (nSPS) is 13.3. The molecule has 0 aromatic carbocycles. The third kappa shape index (κ3) is 3.71. The molecule has 3 nitrogen and oxygen atoms in total. The Morgan fingerprint density at radius 1 is 1.31 bits per heavy atom. The Labute approximate surface area is 106 Å². The van der Waals surface area contributed by atoms with Gasteiger partial charge in [-0.3, -0.25) is 0 Å². The zero-order valence-electron chi connectivity index (χ0n) is 9.83. The van der Waals surface area contributed by atoms with Crippen LogP contribution in [0.25, 0.3) is 0 Å². The first kappa shape index (κ1) is 13.9. The van der Waals surface area contributed by atoms with Crippen molar-refractivity contribution in [1.29, 1.82) is 0 Å². The number of halogens is 1. The lowest BCUT2D eigenvalue weighted by molar-refractivity contribution is -0.153. The Balaban J connectivity index is 2.76. The predicted octanol–water partition coefficient (Wildman–Crippen LogP) is 3.06. The van der Waals surface area contributed by atoms with Gasteiger partial charge >= 0.3 is 0 Å². The van der Waals surface area contributed by atoms with Crippen molar-refractivity contribution in [3.63, 3.8) is 0 Å². The summed E-state index contributed by atoms with van der Waals surface area (Å²) in [5.74, 6) is 0. The average molecular weight is 264 g/mol. The highest BCUT2D eigenvalue weighted by Crippen LogP contribution is 2.29. The molecule has 0 spiro atoms. The number of likely N-dealkylation sites (N-methyl/N-ethyl adjacent to an activating group) is 1. The summed E-state index contributed by atoms with van der Waals surface area (Å²) < 4.78 is 11.9. The first-order valence-corrected chi connectivity index (χ1v) is 6.58. The lowest BCUT2D eigenvalue weighted by Gasteiger charge is -2.25. The quantitative estimate of drug-likeness (QED) is 0.767. The van der Waals surface area contributed by atoms with Crippen molar-refractivity contribution < 1.29 is 9.47 Å². The topological polar surface area (TPSA) is 30.5 Å². The molecule has 0 fully saturated rings. The van der Waals surface area contributed by atoms with Crippen LogP contribution in [-0.2, 0) is 9.47 Å². The Kier molecular flexibility index (Phi) is 6.31. The van der Waals surface area contributed by atoms with Crippen molar-refractivity contribution in [2.45, 2.75) is 26.2 Å². The SMILES string of the molecule is CCOC(OCC)C(NC)c1ccc(Cl)s1. The maximum atomic E-state index is 5.93. The first-order chi connectivity index (χ1) is 7.72. The molecule has 1 aromatic rings. The number of hydrogen-bond donors (Lipinski definition) is 1. The van der Waals surface area contributed by atoms with Gasteiger partial charge in [0, 0.05) is 18.1 Å². The van der Waals surface area contributed by atoms with Crippen LogP contribution < -0.4 is 5.32 Å². The van der Waals surface area contributed by atoms with E-state index >= 15 is 0 Å². The molecule has 0 radical (unpaired) electrons. The Bertz CT molecular complexity index is 300. The van der Waals surface area contributed by atoms with E-state index in [1.807, 2.05) is 33.0 Å². The van der Waals surface area contributed by atoms with Crippen LogP contribution in [0.4, 0.5) is 0 Å². The number of hydrogen-bond acceptors (Lipinski definition) is 4. The van der Waals surface area contributed by atoms with E-state index in [1.165, 1.54) is 0 Å². The number of thiophene rings is 1. The minimum Gasteiger partial charge on any atom is -0.351 e. The zero-order valence-corrected chi connectivity index (χ0v) is 11.4. The monoisotopic (exact) mass is 263 g/mol. The molecular weight excluding hydrogens is 246 g/mol. The van der Waals surface area contributed by atoms with Crippen molar-refractivity contribution >= 4 is 22.9 Å². The van der Waals surface area contributed by atoms with E-state index in [4.69, 9.17) is 21.1 Å². The van der Waals surface area contributed by atoms with E-state index < -0.39 is 0 Å². The summed E-state index contributed by atoms with van der Waals surface area (Å²) in [4.78, 5) is 1.12. The lowest BCUT2D eigenvalue weighted by Crippen LogP contribution is -2.33. The Morgan fingerprint density at radius 3 is 2.31 bits per heavy atom. The molecule has 1 atom stereocenters. The van der Waals surface area contributed by atoms with Gasteiger partial charge in [-0.1, -0.05) is 11.6 Å². The van der Waals surface area contributed by atoms with Gasteiger partial charge in [0.05, 0.1) is 10.4 Å². The summed E-state index contributed by atoms with van der Waals surface area (Å²) in [7, 11) is 1.89. The molecule has 0 aliphatic rings. The van der Waals surface area contributed by atoms with E-state index in [9.17, 15) is 0 Å². The van der Waals surface area contributed by atoms with Gasteiger partial charge in [-0.05, 0) is 33.0 Å². The van der Waals surface area contributed by atoms with Crippen LogP contribution in [0.1, 0.15) is 24.8 Å². The van der Waals surface area contributed by atoms with Crippen molar-refractivity contribution in [3.8, 4) is 0 Å². The Morgan fingerprint density at radius 2 is 1.94 bits per heavy atom. The fourth-order valence-electron chi connectivity index (χ4n) is 1.48. The first-order valence-electron chi connectivity index (χ1n) is 5.38. The molecule has 0 aliphatic heterocycles. The summed E-state index contributed by atoms with van der Waals surface area (Å²) in [6, 6.07) is 3.91. The third-order valence-corrected chi connectivity index (χ3v) is 3.46. The molecule has 0 amide bonds. The second-order valence-corrected chi connectivity index (χ2v) is 4.93. The van der Waals surface area contributed by atoms with Gasteiger partial charge in [-0.25, -0.2) is 0 Å². The largest absolute Gasteiger partial charge is 0.351 e. The van der Waals surface area contributed by atoms with Crippen LogP contribution in [0, 0.1) is 0 Å². The van der Waals surface area contributed by atoms with Gasteiger partial charge < -0.3 is 14.8 Å². The highest BCUT2D eigenvalue weighted by atomic mass is 35.5. The highest BCUT2D eigenvalue weighted by molar-refractivity contribution is 7.16. The maximum Gasteiger partial charge on any atom is 0.177 e. The predicted molar refractivity (Wildman–Crippen MR) is 68.2 cm³/mol. The smallest absolute Gasteiger partial charge is 0.177 e. The highest BCUT2D eigenvalue weighted by Gasteiger charge is 2.23. The van der Waals surface area contributed by atoms with Crippen LogP contribution in [0.15, 0.2) is 12.1 Å². The van der Waals surface area contributed by atoms with Gasteiger partial charge in [-0.15, -0.1) is 11.3 Å². The fourth-order valence-corrected chi connectivity index (χ4v) is 2.66. The lowest BCUT2D eigenvalue weighted by atomic mass is 10.2. The minimum absolute atomic E-state index is 0.0254. The standard InChI is InChI=1S/C11H18ClNO2S/c1-4-14-11(15-5-2)10(13-3)8-6-7-9(12)16-8/h6-7,10-11,13H,4-5H2,1-3H3. The summed E-state index contributed by atoms with van der Waals surface area (Å²) in [6.07, 6.45) is -0.269. The van der Waals surface area contributed by atoms with Crippen LogP contribution in [-0.4, -0.2) is 26.6 Å². The van der Waals surface area contributed by atoms with E-state index in [0.717, 1.165) is 9.21 Å². The van der Waals surface area contributed by atoms with E-state index in [-0.39, 0.29) is 12.3 Å². The molecular formula is C11H18ClNO2S. The van der Waals surface area contributed by atoms with Crippen molar-refractivity contribution in [1.82, 2.24) is 5.32 Å². The van der Waals surface area contributed by atoms with Gasteiger partial charge in [0.1, 0.15) is 0 Å². The molecule has 1 N–H and O–H groups in total. The minimum atomic E-state index is -0.269. The average Bonchev–Trinajstić information content (AvgIpc) is 2.67. The van der Waals surface area contributed by atoms with Gasteiger partial charge in [0.2, 0.25) is 0 Å². The van der Waals surface area contributed by atoms with E-state index in [0.29, 0.717) is 13.2 Å². The summed E-state index contributed by atoms with van der Waals surface area (Å²) in [5, 5.41) is 3.20. The Hall–Kier alpha value is -0.130. The van der Waals surface area contributed by atoms with Crippen molar-refractivity contribution in [2.24, 2.45) is 0 Å². The molecule has 0 bridgehead atoms. The molecule has 0 aliphatic carbocycles. The molecule has 92 valence electrons. The van der Waals surface area contributed by atoms with Crippen molar-refractivity contribution in [2.75, 3.05) is 20.3 Å². The molecule has 5 heteroatoms. The summed E-state index contributed by atoms with van der Waals surface area (Å²) >= 11 is 7.47.